The molecule has 0 atom stereocenters. The third-order valence-electron chi connectivity index (χ3n) is 4.99. The molecule has 0 saturated heterocycles. The van der Waals surface area contributed by atoms with Crippen molar-refractivity contribution < 1.29 is 17.6 Å². The molecule has 0 aliphatic rings. The monoisotopic (exact) mass is 470 g/mol. The molecule has 3 heterocycles. The zero-order valence-electron chi connectivity index (χ0n) is 18.0. The molecule has 0 bridgehead atoms. The van der Waals surface area contributed by atoms with Crippen LogP contribution in [0.1, 0.15) is 28.9 Å². The minimum atomic E-state index is -2.77. The van der Waals surface area contributed by atoms with Crippen LogP contribution in [0.2, 0.25) is 0 Å². The summed E-state index contributed by atoms with van der Waals surface area (Å²) in [6, 6.07) is 11.2. The van der Waals surface area contributed by atoms with Crippen LogP contribution in [0.5, 0.6) is 0 Å². The summed E-state index contributed by atoms with van der Waals surface area (Å²) in [4.78, 5) is 8.11. The highest BCUT2D eigenvalue weighted by Gasteiger charge is 2.21. The van der Waals surface area contributed by atoms with Gasteiger partial charge in [0.2, 0.25) is 0 Å². The third kappa shape index (κ3) is 4.59. The van der Waals surface area contributed by atoms with Crippen molar-refractivity contribution in [3.63, 3.8) is 0 Å². The largest absolute Gasteiger partial charge is 0.325 e. The van der Waals surface area contributed by atoms with E-state index in [1.807, 2.05) is 6.07 Å². The molecule has 0 fully saturated rings. The van der Waals surface area contributed by atoms with Crippen LogP contribution in [-0.4, -0.2) is 36.0 Å². The zero-order valence-corrected chi connectivity index (χ0v) is 18.0. The lowest BCUT2D eigenvalue weighted by molar-refractivity contribution is 0.122. The van der Waals surface area contributed by atoms with E-state index in [1.54, 1.807) is 38.1 Å². The maximum absolute atomic E-state index is 13.4. The second-order valence-electron chi connectivity index (χ2n) is 7.39. The number of nitriles is 1. The number of aromatic nitrogens is 6. The molecule has 0 amide bonds. The van der Waals surface area contributed by atoms with Crippen molar-refractivity contribution in [2.45, 2.75) is 33.2 Å². The molecule has 0 aliphatic heterocycles. The summed E-state index contributed by atoms with van der Waals surface area (Å²) in [7, 11) is 0. The number of benzene rings is 1. The number of nitrogens with one attached hydrogen (secondary N) is 1. The Labute approximate surface area is 191 Å². The van der Waals surface area contributed by atoms with E-state index >= 15 is 0 Å². The average molecular weight is 470 g/mol. The predicted molar refractivity (Wildman–Crippen MR) is 115 cm³/mol. The van der Waals surface area contributed by atoms with E-state index in [0.29, 0.717) is 28.1 Å². The fourth-order valence-electron chi connectivity index (χ4n) is 3.46. The van der Waals surface area contributed by atoms with E-state index in [4.69, 9.17) is 5.26 Å². The summed E-state index contributed by atoms with van der Waals surface area (Å²) >= 11 is 0. The molecule has 8 nitrogen and oxygen atoms in total. The van der Waals surface area contributed by atoms with Crippen LogP contribution in [0.15, 0.2) is 42.7 Å². The molecule has 0 aliphatic carbocycles. The van der Waals surface area contributed by atoms with Crippen molar-refractivity contribution in [1.29, 1.82) is 5.26 Å². The predicted octanol–water partition coefficient (Wildman–Crippen LogP) is 4.96. The number of hydrogen-bond acceptors (Lipinski definition) is 6. The van der Waals surface area contributed by atoms with Crippen molar-refractivity contribution in [3.05, 3.63) is 65.2 Å². The minimum absolute atomic E-state index is 0.0887. The topological polar surface area (TPSA) is 97.2 Å². The number of rotatable bonds is 7. The maximum atomic E-state index is 13.4. The second kappa shape index (κ2) is 9.30. The first kappa shape index (κ1) is 22.9. The molecule has 0 spiro atoms. The van der Waals surface area contributed by atoms with Crippen LogP contribution in [0.4, 0.5) is 29.2 Å². The van der Waals surface area contributed by atoms with Gasteiger partial charge in [-0.2, -0.15) is 15.5 Å². The minimum Gasteiger partial charge on any atom is -0.325 e. The molecule has 0 radical (unpaired) electrons. The smallest absolute Gasteiger partial charge is 0.280 e. The summed E-state index contributed by atoms with van der Waals surface area (Å²) in [6.45, 7) is 2.61. The van der Waals surface area contributed by atoms with E-state index in [-0.39, 0.29) is 23.1 Å². The van der Waals surface area contributed by atoms with Crippen LogP contribution in [0, 0.1) is 25.2 Å². The van der Waals surface area contributed by atoms with Gasteiger partial charge >= 0.3 is 0 Å². The molecule has 174 valence electrons. The molecular formula is C22H18F4N8. The van der Waals surface area contributed by atoms with E-state index in [1.165, 1.54) is 12.1 Å². The van der Waals surface area contributed by atoms with Crippen LogP contribution < -0.4 is 5.32 Å². The Balaban J connectivity index is 1.73. The van der Waals surface area contributed by atoms with Gasteiger partial charge in [0, 0.05) is 17.2 Å². The molecule has 1 aromatic carbocycles. The molecule has 1 N–H and O–H groups in total. The van der Waals surface area contributed by atoms with Gasteiger partial charge in [-0.25, -0.2) is 36.9 Å². The third-order valence-corrected chi connectivity index (χ3v) is 4.99. The Morgan fingerprint density at radius 1 is 1.03 bits per heavy atom. The first-order valence-corrected chi connectivity index (χ1v) is 10.1. The zero-order chi connectivity index (χ0) is 24.4. The standard InChI is InChI=1S/C22H18F4N8/c1-12-7-16(21(25)26)34(31-12)19-8-18(28-11-29-19)30-22-13(2)20(32-33(22)10-17(23)24)15-5-3-14(9-27)4-6-15/h3-8,11,17,21H,10H2,1-2H3,(H,28,29,30). The summed E-state index contributed by atoms with van der Waals surface area (Å²) in [6.07, 6.45) is -4.28. The SMILES string of the molecule is Cc1cc(C(F)F)n(-c2cc(Nc3c(C)c(-c4ccc(C#N)cc4)nn3CC(F)F)ncn2)n1. The average Bonchev–Trinajstić information content (AvgIpc) is 3.35. The Hall–Kier alpha value is -4.27. The van der Waals surface area contributed by atoms with Gasteiger partial charge in [-0.05, 0) is 32.0 Å². The van der Waals surface area contributed by atoms with Crippen LogP contribution >= 0.6 is 0 Å². The van der Waals surface area contributed by atoms with Crippen LogP contribution in [-0.2, 0) is 6.54 Å². The van der Waals surface area contributed by atoms with Crippen molar-refractivity contribution in [3.8, 4) is 23.1 Å². The molecule has 12 heteroatoms. The first-order chi connectivity index (χ1) is 16.3. The quantitative estimate of drug-likeness (QED) is 0.384. The number of aryl methyl sites for hydroxylation is 1. The van der Waals surface area contributed by atoms with Gasteiger partial charge in [-0.1, -0.05) is 12.1 Å². The Morgan fingerprint density at radius 2 is 1.76 bits per heavy atom. The van der Waals surface area contributed by atoms with E-state index < -0.39 is 19.4 Å². The summed E-state index contributed by atoms with van der Waals surface area (Å²) in [5, 5.41) is 20.3. The second-order valence-corrected chi connectivity index (χ2v) is 7.39. The fraction of sp³-hybridized carbons (Fsp3) is 0.227. The van der Waals surface area contributed by atoms with Gasteiger partial charge in [-0.3, -0.25) is 0 Å². The van der Waals surface area contributed by atoms with Crippen LogP contribution in [0.25, 0.3) is 17.1 Å². The molecule has 0 saturated carbocycles. The number of hydrogen-bond donors (Lipinski definition) is 1. The van der Waals surface area contributed by atoms with E-state index in [2.05, 4.69) is 25.5 Å². The number of halogens is 4. The Kier molecular flexibility index (Phi) is 6.27. The number of nitrogens with zero attached hydrogens (tertiary/aromatic N) is 7. The Bertz CT molecular complexity index is 1350. The Morgan fingerprint density at radius 3 is 2.41 bits per heavy atom. The molecule has 4 rings (SSSR count). The maximum Gasteiger partial charge on any atom is 0.280 e. The molecular weight excluding hydrogens is 452 g/mol. The first-order valence-electron chi connectivity index (χ1n) is 10.1. The summed E-state index contributed by atoms with van der Waals surface area (Å²) in [5.74, 6) is 0.532. The normalized spacial score (nSPS) is 11.3. The van der Waals surface area contributed by atoms with Gasteiger partial charge in [0.15, 0.2) is 5.82 Å². The number of anilines is 2. The molecule has 3 aromatic heterocycles. The van der Waals surface area contributed by atoms with E-state index in [0.717, 1.165) is 15.7 Å². The highest BCUT2D eigenvalue weighted by atomic mass is 19.3. The van der Waals surface area contributed by atoms with Gasteiger partial charge in [0.25, 0.3) is 12.9 Å². The summed E-state index contributed by atoms with van der Waals surface area (Å²) < 4.78 is 55.4. The van der Waals surface area contributed by atoms with E-state index in [9.17, 15) is 17.6 Å². The van der Waals surface area contributed by atoms with Gasteiger partial charge < -0.3 is 5.32 Å². The lowest BCUT2D eigenvalue weighted by Crippen LogP contribution is -2.12. The molecule has 34 heavy (non-hydrogen) atoms. The molecule has 0 unspecified atom stereocenters. The van der Waals surface area contributed by atoms with Gasteiger partial charge in [-0.15, -0.1) is 0 Å². The lowest BCUT2D eigenvalue weighted by Gasteiger charge is -2.11. The highest BCUT2D eigenvalue weighted by Crippen LogP contribution is 2.31. The molecule has 4 aromatic rings. The van der Waals surface area contributed by atoms with Crippen LogP contribution in [0.3, 0.4) is 0 Å². The van der Waals surface area contributed by atoms with Gasteiger partial charge in [0.1, 0.15) is 30.2 Å². The number of alkyl halides is 4. The highest BCUT2D eigenvalue weighted by molar-refractivity contribution is 5.71. The van der Waals surface area contributed by atoms with Crippen molar-refractivity contribution in [2.24, 2.45) is 0 Å². The van der Waals surface area contributed by atoms with Gasteiger partial charge in [0.05, 0.1) is 23.0 Å². The fourth-order valence-corrected chi connectivity index (χ4v) is 3.46. The lowest BCUT2D eigenvalue weighted by atomic mass is 10.1. The van der Waals surface area contributed by atoms with Crippen molar-refractivity contribution in [1.82, 2.24) is 29.5 Å². The summed E-state index contributed by atoms with van der Waals surface area (Å²) in [5.41, 5.74) is 2.17. The van der Waals surface area contributed by atoms with Crippen molar-refractivity contribution in [2.75, 3.05) is 5.32 Å². The van der Waals surface area contributed by atoms with Crippen molar-refractivity contribution >= 4 is 11.6 Å².